The standard InChI is InChI=1S/C10H19NO4/c1-13-9(6-11)5-10(12)15-7-8-3-2-4-14-8/h8-9H,2-7,11H2,1H3. The van der Waals surface area contributed by atoms with Crippen molar-refractivity contribution in [2.45, 2.75) is 31.5 Å². The van der Waals surface area contributed by atoms with E-state index in [0.717, 1.165) is 19.4 Å². The van der Waals surface area contributed by atoms with Crippen LogP contribution in [0.2, 0.25) is 0 Å². The normalized spacial score (nSPS) is 22.7. The lowest BCUT2D eigenvalue weighted by molar-refractivity contribution is -0.149. The molecule has 1 aliphatic heterocycles. The SMILES string of the molecule is COC(CN)CC(=O)OCC1CCCO1. The van der Waals surface area contributed by atoms with Gasteiger partial charge < -0.3 is 19.9 Å². The maximum Gasteiger partial charge on any atom is 0.308 e. The number of carbonyl (C=O) groups is 1. The topological polar surface area (TPSA) is 70.8 Å². The predicted octanol–water partition coefficient (Wildman–Crippen LogP) is 0.0724. The second-order valence-corrected chi connectivity index (χ2v) is 3.62. The summed E-state index contributed by atoms with van der Waals surface area (Å²) in [6, 6.07) is 0. The van der Waals surface area contributed by atoms with Gasteiger partial charge in [0.2, 0.25) is 0 Å². The third kappa shape index (κ3) is 4.59. The van der Waals surface area contributed by atoms with Crippen LogP contribution in [0.5, 0.6) is 0 Å². The van der Waals surface area contributed by atoms with Crippen LogP contribution in [0.15, 0.2) is 0 Å². The second kappa shape index (κ2) is 6.76. The molecule has 0 radical (unpaired) electrons. The number of carbonyl (C=O) groups excluding carboxylic acids is 1. The summed E-state index contributed by atoms with van der Waals surface area (Å²) in [6.45, 7) is 1.44. The van der Waals surface area contributed by atoms with Crippen LogP contribution in [-0.4, -0.2) is 45.0 Å². The molecule has 0 aromatic rings. The number of hydrogen-bond donors (Lipinski definition) is 1. The number of esters is 1. The van der Waals surface area contributed by atoms with E-state index in [-0.39, 0.29) is 24.6 Å². The summed E-state index contributed by atoms with van der Waals surface area (Å²) in [4.78, 5) is 11.3. The molecule has 0 bridgehead atoms. The molecule has 0 amide bonds. The molecule has 1 rings (SSSR count). The van der Waals surface area contributed by atoms with Crippen molar-refractivity contribution in [1.29, 1.82) is 0 Å². The van der Waals surface area contributed by atoms with E-state index in [9.17, 15) is 4.79 Å². The lowest BCUT2D eigenvalue weighted by atomic mass is 10.2. The average Bonchev–Trinajstić information content (AvgIpc) is 2.75. The predicted molar refractivity (Wildman–Crippen MR) is 54.4 cm³/mol. The summed E-state index contributed by atoms with van der Waals surface area (Å²) in [5.74, 6) is -0.275. The molecular formula is C10H19NO4. The maximum absolute atomic E-state index is 11.3. The zero-order valence-electron chi connectivity index (χ0n) is 9.11. The Morgan fingerprint density at radius 3 is 3.00 bits per heavy atom. The highest BCUT2D eigenvalue weighted by molar-refractivity contribution is 5.70. The monoisotopic (exact) mass is 217 g/mol. The minimum Gasteiger partial charge on any atom is -0.463 e. The highest BCUT2D eigenvalue weighted by Crippen LogP contribution is 2.12. The molecule has 2 N–H and O–H groups in total. The number of methoxy groups -OCH3 is 1. The van der Waals surface area contributed by atoms with E-state index in [0.29, 0.717) is 13.2 Å². The van der Waals surface area contributed by atoms with Crippen molar-refractivity contribution in [3.63, 3.8) is 0 Å². The largest absolute Gasteiger partial charge is 0.463 e. The summed E-state index contributed by atoms with van der Waals surface area (Å²) < 4.78 is 15.4. The van der Waals surface area contributed by atoms with Crippen molar-refractivity contribution in [2.75, 3.05) is 26.9 Å². The Morgan fingerprint density at radius 1 is 1.67 bits per heavy atom. The zero-order valence-corrected chi connectivity index (χ0v) is 9.11. The van der Waals surface area contributed by atoms with E-state index in [4.69, 9.17) is 19.9 Å². The molecule has 2 unspecified atom stereocenters. The molecule has 1 saturated heterocycles. The van der Waals surface area contributed by atoms with Crippen LogP contribution in [0, 0.1) is 0 Å². The highest BCUT2D eigenvalue weighted by Gasteiger charge is 2.18. The number of nitrogens with two attached hydrogens (primary N) is 1. The Kier molecular flexibility index (Phi) is 5.60. The summed E-state index contributed by atoms with van der Waals surface area (Å²) in [5.41, 5.74) is 5.39. The maximum atomic E-state index is 11.3. The first-order valence-electron chi connectivity index (χ1n) is 5.26. The summed E-state index contributed by atoms with van der Waals surface area (Å²) in [5, 5.41) is 0. The summed E-state index contributed by atoms with van der Waals surface area (Å²) in [7, 11) is 1.53. The molecule has 0 saturated carbocycles. The van der Waals surface area contributed by atoms with Gasteiger partial charge in [0.15, 0.2) is 0 Å². The Labute approximate surface area is 89.9 Å². The van der Waals surface area contributed by atoms with Crippen LogP contribution in [0.25, 0.3) is 0 Å². The third-order valence-corrected chi connectivity index (χ3v) is 2.44. The van der Waals surface area contributed by atoms with E-state index < -0.39 is 0 Å². The fourth-order valence-electron chi connectivity index (χ4n) is 1.47. The minimum atomic E-state index is -0.275. The number of hydrogen-bond acceptors (Lipinski definition) is 5. The van der Waals surface area contributed by atoms with Crippen LogP contribution in [0.1, 0.15) is 19.3 Å². The number of rotatable bonds is 6. The molecule has 0 aromatic carbocycles. The molecule has 15 heavy (non-hydrogen) atoms. The van der Waals surface area contributed by atoms with Crippen LogP contribution in [-0.2, 0) is 19.0 Å². The van der Waals surface area contributed by atoms with Crippen LogP contribution in [0.4, 0.5) is 0 Å². The third-order valence-electron chi connectivity index (χ3n) is 2.44. The van der Waals surface area contributed by atoms with Crippen molar-refractivity contribution in [1.82, 2.24) is 0 Å². The minimum absolute atomic E-state index is 0.0767. The average molecular weight is 217 g/mol. The van der Waals surface area contributed by atoms with Crippen LogP contribution >= 0.6 is 0 Å². The molecule has 5 heteroatoms. The first-order valence-corrected chi connectivity index (χ1v) is 5.26. The lowest BCUT2D eigenvalue weighted by Crippen LogP contribution is -2.27. The van der Waals surface area contributed by atoms with E-state index in [2.05, 4.69) is 0 Å². The van der Waals surface area contributed by atoms with Gasteiger partial charge in [-0.2, -0.15) is 0 Å². The van der Waals surface area contributed by atoms with Crippen molar-refractivity contribution < 1.29 is 19.0 Å². The van der Waals surface area contributed by atoms with Gasteiger partial charge in [-0.15, -0.1) is 0 Å². The first kappa shape index (κ1) is 12.4. The van der Waals surface area contributed by atoms with Crippen molar-refractivity contribution in [2.24, 2.45) is 5.73 Å². The molecule has 0 aliphatic carbocycles. The Bertz CT molecular complexity index is 188. The van der Waals surface area contributed by atoms with Gasteiger partial charge in [-0.25, -0.2) is 0 Å². The molecular weight excluding hydrogens is 198 g/mol. The molecule has 1 fully saturated rings. The van der Waals surface area contributed by atoms with Crippen molar-refractivity contribution >= 4 is 5.97 Å². The first-order chi connectivity index (χ1) is 7.26. The second-order valence-electron chi connectivity index (χ2n) is 3.62. The number of ether oxygens (including phenoxy) is 3. The van der Waals surface area contributed by atoms with Crippen LogP contribution < -0.4 is 5.73 Å². The van der Waals surface area contributed by atoms with Gasteiger partial charge in [-0.05, 0) is 12.8 Å². The fraction of sp³-hybridized carbons (Fsp3) is 0.900. The van der Waals surface area contributed by atoms with Gasteiger partial charge in [0.1, 0.15) is 6.61 Å². The molecule has 0 aromatic heterocycles. The molecule has 0 spiro atoms. The van der Waals surface area contributed by atoms with Gasteiger partial charge in [0.05, 0.1) is 18.6 Å². The van der Waals surface area contributed by atoms with Crippen molar-refractivity contribution in [3.8, 4) is 0 Å². The van der Waals surface area contributed by atoms with E-state index in [1.807, 2.05) is 0 Å². The van der Waals surface area contributed by atoms with Gasteiger partial charge in [-0.1, -0.05) is 0 Å². The van der Waals surface area contributed by atoms with Crippen molar-refractivity contribution in [3.05, 3.63) is 0 Å². The Balaban J connectivity index is 2.11. The van der Waals surface area contributed by atoms with E-state index in [1.165, 1.54) is 7.11 Å². The summed E-state index contributed by atoms with van der Waals surface area (Å²) >= 11 is 0. The van der Waals surface area contributed by atoms with Gasteiger partial charge in [0, 0.05) is 20.3 Å². The van der Waals surface area contributed by atoms with Gasteiger partial charge >= 0.3 is 5.97 Å². The summed E-state index contributed by atoms with van der Waals surface area (Å²) in [6.07, 6.45) is 2.05. The van der Waals surface area contributed by atoms with Crippen LogP contribution in [0.3, 0.4) is 0 Å². The van der Waals surface area contributed by atoms with Gasteiger partial charge in [0.25, 0.3) is 0 Å². The molecule has 88 valence electrons. The smallest absolute Gasteiger partial charge is 0.308 e. The molecule has 1 aliphatic rings. The quantitative estimate of drug-likeness (QED) is 0.638. The van der Waals surface area contributed by atoms with E-state index >= 15 is 0 Å². The van der Waals surface area contributed by atoms with Gasteiger partial charge in [-0.3, -0.25) is 4.79 Å². The highest BCUT2D eigenvalue weighted by atomic mass is 16.6. The molecule has 1 heterocycles. The molecule has 5 nitrogen and oxygen atoms in total. The lowest BCUT2D eigenvalue weighted by Gasteiger charge is -2.13. The van der Waals surface area contributed by atoms with E-state index in [1.54, 1.807) is 0 Å². The molecule has 2 atom stereocenters. The Hall–Kier alpha value is -0.650. The fourth-order valence-corrected chi connectivity index (χ4v) is 1.47. The Morgan fingerprint density at radius 2 is 2.47 bits per heavy atom. The zero-order chi connectivity index (χ0) is 11.1.